The first-order valence-corrected chi connectivity index (χ1v) is 11.0. The van der Waals surface area contributed by atoms with Crippen molar-refractivity contribution in [2.45, 2.75) is 76.9 Å². The third-order valence-electron chi connectivity index (χ3n) is 6.18. The Labute approximate surface area is 181 Å². The Morgan fingerprint density at radius 1 is 0.806 bits per heavy atom. The smallest absolute Gasteiger partial charge is 0.200 e. The monoisotopic (exact) mass is 438 g/mol. The summed E-state index contributed by atoms with van der Waals surface area (Å²) >= 11 is 0. The van der Waals surface area contributed by atoms with Crippen LogP contribution >= 0.6 is 0 Å². The zero-order valence-corrected chi connectivity index (χ0v) is 18.2. The molecule has 6 heteroatoms. The molecule has 0 radical (unpaired) electrons. The lowest BCUT2D eigenvalue weighted by atomic mass is 9.82. The van der Waals surface area contributed by atoms with E-state index in [0.29, 0.717) is 43.2 Å². The van der Waals surface area contributed by atoms with Gasteiger partial charge in [0.2, 0.25) is 5.82 Å². The topological polar surface area (TPSA) is 18.5 Å². The Bertz CT molecular complexity index is 876. The molecule has 0 N–H and O–H groups in total. The summed E-state index contributed by atoms with van der Waals surface area (Å²) in [4.78, 5) is 0. The highest BCUT2D eigenvalue weighted by molar-refractivity contribution is 5.33. The highest BCUT2D eigenvalue weighted by Gasteiger charge is 2.27. The first kappa shape index (κ1) is 23.6. The largest absolute Gasteiger partial charge is 0.494 e. The van der Waals surface area contributed by atoms with Crippen LogP contribution in [0.2, 0.25) is 0 Å². The van der Waals surface area contributed by atoms with Crippen LogP contribution in [0.15, 0.2) is 24.3 Å². The predicted octanol–water partition coefficient (Wildman–Crippen LogP) is 7.23. The van der Waals surface area contributed by atoms with Gasteiger partial charge in [-0.05, 0) is 61.6 Å². The molecule has 31 heavy (non-hydrogen) atoms. The summed E-state index contributed by atoms with van der Waals surface area (Å²) in [6.07, 6.45) is 5.85. The minimum atomic E-state index is -0.964. The molecule has 0 aliphatic heterocycles. The minimum absolute atomic E-state index is 0.00114. The second kappa shape index (κ2) is 11.0. The highest BCUT2D eigenvalue weighted by atomic mass is 19.2. The molecule has 2 aromatic carbocycles. The summed E-state index contributed by atoms with van der Waals surface area (Å²) in [6, 6.07) is 6.26. The van der Waals surface area contributed by atoms with Crippen molar-refractivity contribution in [3.05, 3.63) is 64.2 Å². The van der Waals surface area contributed by atoms with Gasteiger partial charge in [0.1, 0.15) is 0 Å². The average molecular weight is 439 g/mol. The van der Waals surface area contributed by atoms with Gasteiger partial charge in [0.15, 0.2) is 23.2 Å². The van der Waals surface area contributed by atoms with Crippen molar-refractivity contribution < 1.29 is 27.0 Å². The zero-order valence-electron chi connectivity index (χ0n) is 18.2. The van der Waals surface area contributed by atoms with Crippen LogP contribution in [0.5, 0.6) is 5.75 Å². The summed E-state index contributed by atoms with van der Waals surface area (Å²) in [6.45, 7) is 2.06. The molecule has 0 atom stereocenters. The molecule has 2 nitrogen and oxygen atoms in total. The molecule has 1 fully saturated rings. The number of hydrogen-bond acceptors (Lipinski definition) is 2. The summed E-state index contributed by atoms with van der Waals surface area (Å²) in [7, 11) is 1.30. The predicted molar refractivity (Wildman–Crippen MR) is 112 cm³/mol. The lowest BCUT2D eigenvalue weighted by molar-refractivity contribution is 0.0116. The van der Waals surface area contributed by atoms with Gasteiger partial charge in [0.05, 0.1) is 19.8 Å². The van der Waals surface area contributed by atoms with E-state index in [2.05, 4.69) is 6.92 Å². The molecule has 0 aromatic heterocycles. The van der Waals surface area contributed by atoms with Crippen LogP contribution in [-0.4, -0.2) is 13.2 Å². The van der Waals surface area contributed by atoms with Crippen molar-refractivity contribution in [2.24, 2.45) is 0 Å². The van der Waals surface area contributed by atoms with Gasteiger partial charge in [-0.15, -0.1) is 0 Å². The maximum absolute atomic E-state index is 14.4. The van der Waals surface area contributed by atoms with Crippen molar-refractivity contribution in [3.63, 3.8) is 0 Å². The van der Waals surface area contributed by atoms with Gasteiger partial charge in [-0.2, -0.15) is 4.39 Å². The number of unbranched alkanes of at least 4 members (excludes halogenated alkanes) is 2. The van der Waals surface area contributed by atoms with Crippen LogP contribution in [0.25, 0.3) is 0 Å². The second-order valence-electron chi connectivity index (χ2n) is 8.24. The Morgan fingerprint density at radius 2 is 1.48 bits per heavy atom. The standard InChI is InChI=1S/C25H30F4O2/c1-3-4-5-6-17-7-8-18(23(27)22(17)26)15-31-19-11-9-16(10-12-19)20-13-14-21(30-2)25(29)24(20)28/h7-8,13-14,16,19H,3-6,9-12,15H2,1-2H3. The first-order chi connectivity index (χ1) is 15.0. The van der Waals surface area contributed by atoms with Crippen molar-refractivity contribution >= 4 is 0 Å². The van der Waals surface area contributed by atoms with E-state index in [9.17, 15) is 17.6 Å². The molecule has 1 aliphatic rings. The van der Waals surface area contributed by atoms with Crippen LogP contribution in [0.4, 0.5) is 17.6 Å². The van der Waals surface area contributed by atoms with Crippen LogP contribution in [0, 0.1) is 23.3 Å². The van der Waals surface area contributed by atoms with E-state index in [1.807, 2.05) is 0 Å². The second-order valence-corrected chi connectivity index (χ2v) is 8.24. The molecule has 0 bridgehead atoms. The third-order valence-corrected chi connectivity index (χ3v) is 6.18. The fraction of sp³-hybridized carbons (Fsp3) is 0.520. The number of halogens is 4. The molecule has 2 aromatic rings. The van der Waals surface area contributed by atoms with Crippen LogP contribution < -0.4 is 4.74 Å². The van der Waals surface area contributed by atoms with Crippen molar-refractivity contribution in [1.29, 1.82) is 0 Å². The van der Waals surface area contributed by atoms with E-state index < -0.39 is 23.3 Å². The van der Waals surface area contributed by atoms with Crippen LogP contribution in [0.1, 0.15) is 74.5 Å². The highest BCUT2D eigenvalue weighted by Crippen LogP contribution is 2.37. The Kier molecular flexibility index (Phi) is 8.35. The van der Waals surface area contributed by atoms with E-state index >= 15 is 0 Å². The molecule has 0 spiro atoms. The number of hydrogen-bond donors (Lipinski definition) is 0. The Morgan fingerprint density at radius 3 is 2.16 bits per heavy atom. The number of benzene rings is 2. The maximum atomic E-state index is 14.4. The van der Waals surface area contributed by atoms with E-state index in [1.165, 1.54) is 13.2 Å². The van der Waals surface area contributed by atoms with Gasteiger partial charge in [-0.1, -0.05) is 38.0 Å². The molecule has 0 heterocycles. The average Bonchev–Trinajstić information content (AvgIpc) is 2.78. The van der Waals surface area contributed by atoms with Gasteiger partial charge in [-0.25, -0.2) is 13.2 Å². The molecule has 3 rings (SSSR count). The van der Waals surface area contributed by atoms with E-state index in [0.717, 1.165) is 19.3 Å². The molecule has 0 unspecified atom stereocenters. The lowest BCUT2D eigenvalue weighted by Crippen LogP contribution is -2.21. The van der Waals surface area contributed by atoms with Gasteiger partial charge in [-0.3, -0.25) is 0 Å². The fourth-order valence-electron chi connectivity index (χ4n) is 4.27. The summed E-state index contributed by atoms with van der Waals surface area (Å²) < 4.78 is 67.7. The van der Waals surface area contributed by atoms with Gasteiger partial charge < -0.3 is 9.47 Å². The van der Waals surface area contributed by atoms with Gasteiger partial charge >= 0.3 is 0 Å². The van der Waals surface area contributed by atoms with Crippen LogP contribution in [-0.2, 0) is 17.8 Å². The third kappa shape index (κ3) is 5.59. The van der Waals surface area contributed by atoms with Crippen molar-refractivity contribution in [3.8, 4) is 5.75 Å². The molecular weight excluding hydrogens is 408 g/mol. The normalized spacial score (nSPS) is 18.9. The van der Waals surface area contributed by atoms with Crippen molar-refractivity contribution in [1.82, 2.24) is 0 Å². The number of rotatable bonds is 9. The van der Waals surface area contributed by atoms with E-state index in [4.69, 9.17) is 9.47 Å². The molecule has 0 saturated heterocycles. The van der Waals surface area contributed by atoms with Crippen molar-refractivity contribution in [2.75, 3.05) is 7.11 Å². The fourth-order valence-corrected chi connectivity index (χ4v) is 4.27. The summed E-state index contributed by atoms with van der Waals surface area (Å²) in [5.41, 5.74) is 0.967. The van der Waals surface area contributed by atoms with E-state index in [1.54, 1.807) is 18.2 Å². The summed E-state index contributed by atoms with van der Waals surface area (Å²) in [5, 5.41) is 0. The molecule has 170 valence electrons. The number of ether oxygens (including phenoxy) is 2. The minimum Gasteiger partial charge on any atom is -0.494 e. The quantitative estimate of drug-likeness (QED) is 0.304. The maximum Gasteiger partial charge on any atom is 0.200 e. The Hall–Kier alpha value is -2.08. The SMILES string of the molecule is CCCCCc1ccc(COC2CCC(c3ccc(OC)c(F)c3F)CC2)c(F)c1F. The number of methoxy groups -OCH3 is 1. The van der Waals surface area contributed by atoms with Gasteiger partial charge in [0, 0.05) is 5.56 Å². The number of aryl methyl sites for hydroxylation is 1. The van der Waals surface area contributed by atoms with Crippen LogP contribution in [0.3, 0.4) is 0 Å². The van der Waals surface area contributed by atoms with Gasteiger partial charge in [0.25, 0.3) is 0 Å². The molecule has 1 aliphatic carbocycles. The molecule has 0 amide bonds. The zero-order chi connectivity index (χ0) is 22.4. The molecular formula is C25H30F4O2. The lowest BCUT2D eigenvalue weighted by Gasteiger charge is -2.29. The molecule has 1 saturated carbocycles. The van der Waals surface area contributed by atoms with E-state index in [-0.39, 0.29) is 29.9 Å². The summed E-state index contributed by atoms with van der Waals surface area (Å²) in [5.74, 6) is -3.65. The Balaban J connectivity index is 1.54. The first-order valence-electron chi connectivity index (χ1n) is 11.0.